The summed E-state index contributed by atoms with van der Waals surface area (Å²) in [6, 6.07) is 5.49. The summed E-state index contributed by atoms with van der Waals surface area (Å²) < 4.78 is 46.9. The molecule has 3 N–H and O–H groups in total. The number of amides is 1. The first-order valence-electron chi connectivity index (χ1n) is 10.0. The van der Waals surface area contributed by atoms with Gasteiger partial charge in [0.15, 0.2) is 5.82 Å². The molecule has 2 aromatic heterocycles. The van der Waals surface area contributed by atoms with Crippen molar-refractivity contribution in [3.8, 4) is 17.7 Å². The molecule has 1 amide bonds. The smallest absolute Gasteiger partial charge is 0.261 e. The van der Waals surface area contributed by atoms with E-state index < -0.39 is 41.1 Å². The monoisotopic (exact) mass is 443 g/mol. The van der Waals surface area contributed by atoms with E-state index in [1.165, 1.54) is 11.0 Å². The zero-order valence-corrected chi connectivity index (χ0v) is 17.2. The molecule has 4 rings (SSSR count). The van der Waals surface area contributed by atoms with Crippen molar-refractivity contribution in [1.29, 1.82) is 5.26 Å². The summed E-state index contributed by atoms with van der Waals surface area (Å²) >= 11 is 0. The number of ether oxygens (including phenoxy) is 1. The van der Waals surface area contributed by atoms with Gasteiger partial charge in [0.1, 0.15) is 11.8 Å². The Morgan fingerprint density at radius 3 is 2.94 bits per heavy atom. The number of hydrogen-bond acceptors (Lipinski definition) is 5. The number of nitrogens with one attached hydrogen (secondary N) is 1. The molecule has 1 aliphatic rings. The van der Waals surface area contributed by atoms with Crippen LogP contribution in [0.1, 0.15) is 24.0 Å². The fraction of sp³-hybridized carbons (Fsp3) is 0.318. The predicted octanol–water partition coefficient (Wildman–Crippen LogP) is 3.47. The second kappa shape index (κ2) is 8.51. The van der Waals surface area contributed by atoms with Gasteiger partial charge >= 0.3 is 0 Å². The fourth-order valence-corrected chi connectivity index (χ4v) is 3.84. The molecule has 3 aromatic rings. The Balaban J connectivity index is 1.57. The van der Waals surface area contributed by atoms with Crippen molar-refractivity contribution < 1.29 is 22.7 Å². The summed E-state index contributed by atoms with van der Waals surface area (Å²) in [5, 5.41) is 9.85. The highest BCUT2D eigenvalue weighted by Crippen LogP contribution is 2.30. The highest BCUT2D eigenvalue weighted by molar-refractivity contribution is 5.87. The average molecular weight is 443 g/mol. The van der Waals surface area contributed by atoms with Gasteiger partial charge in [-0.1, -0.05) is 0 Å². The molecule has 3 heterocycles. The molecule has 1 aromatic carbocycles. The molecule has 166 valence electrons. The van der Waals surface area contributed by atoms with Crippen molar-refractivity contribution in [2.24, 2.45) is 5.73 Å². The molecule has 1 fully saturated rings. The second-order valence-corrected chi connectivity index (χ2v) is 7.71. The number of hydrogen-bond donors (Lipinski definition) is 2. The largest absolute Gasteiger partial charge is 0.436 e. The quantitative estimate of drug-likeness (QED) is 0.587. The number of nitrogens with two attached hydrogens (primary N) is 1. The molecule has 32 heavy (non-hydrogen) atoms. The maximum atomic E-state index is 14.1. The fourth-order valence-electron chi connectivity index (χ4n) is 3.84. The van der Waals surface area contributed by atoms with E-state index in [-0.39, 0.29) is 18.1 Å². The van der Waals surface area contributed by atoms with Gasteiger partial charge in [0, 0.05) is 29.2 Å². The standard InChI is InChI=1S/C22H20F3N5O2/c1-11-18(23)19(24)21(29-20(11)25)32-14-4-5-17-15(8-14)12(10-28-17)7-16(27)22(31)30-6-2-3-13(30)9-26/h4-5,8,10,13,16,28H,2-3,6-7,27H2,1H3. The third kappa shape index (κ3) is 3.87. The van der Waals surface area contributed by atoms with Crippen LogP contribution in [0, 0.1) is 35.8 Å². The van der Waals surface area contributed by atoms with E-state index in [9.17, 15) is 23.2 Å². The molecule has 0 saturated carbocycles. The molecule has 1 aliphatic heterocycles. The number of benzene rings is 1. The Labute approximate surface area is 181 Å². The van der Waals surface area contributed by atoms with Crippen molar-refractivity contribution in [2.75, 3.05) is 6.54 Å². The van der Waals surface area contributed by atoms with Gasteiger partial charge in [0.25, 0.3) is 5.88 Å². The Bertz CT molecular complexity index is 1240. The van der Waals surface area contributed by atoms with E-state index in [1.807, 2.05) is 0 Å². The molecule has 7 nitrogen and oxygen atoms in total. The van der Waals surface area contributed by atoms with Crippen LogP contribution in [0.3, 0.4) is 0 Å². The lowest BCUT2D eigenvalue weighted by atomic mass is 10.0. The minimum atomic E-state index is -1.39. The zero-order valence-electron chi connectivity index (χ0n) is 17.2. The first kappa shape index (κ1) is 21.6. The highest BCUT2D eigenvalue weighted by atomic mass is 19.2. The van der Waals surface area contributed by atoms with Crippen molar-refractivity contribution in [1.82, 2.24) is 14.9 Å². The normalized spacial score (nSPS) is 16.9. The van der Waals surface area contributed by atoms with Crippen LogP contribution in [0.4, 0.5) is 13.2 Å². The number of rotatable bonds is 5. The lowest BCUT2D eigenvalue weighted by Gasteiger charge is -2.23. The summed E-state index contributed by atoms with van der Waals surface area (Å²) in [7, 11) is 0. The van der Waals surface area contributed by atoms with Crippen molar-refractivity contribution in [3.63, 3.8) is 0 Å². The molecule has 10 heteroatoms. The third-order valence-corrected chi connectivity index (χ3v) is 5.61. The predicted molar refractivity (Wildman–Crippen MR) is 109 cm³/mol. The van der Waals surface area contributed by atoms with E-state index in [2.05, 4.69) is 16.0 Å². The first-order valence-corrected chi connectivity index (χ1v) is 10.0. The summed E-state index contributed by atoms with van der Waals surface area (Å²) in [5.74, 6) is -4.92. The van der Waals surface area contributed by atoms with Crippen LogP contribution < -0.4 is 10.5 Å². The van der Waals surface area contributed by atoms with E-state index in [1.54, 1.807) is 18.3 Å². The lowest BCUT2D eigenvalue weighted by molar-refractivity contribution is -0.132. The molecule has 2 unspecified atom stereocenters. The number of pyridine rings is 1. The van der Waals surface area contributed by atoms with E-state index >= 15 is 0 Å². The van der Waals surface area contributed by atoms with Gasteiger partial charge in [-0.2, -0.15) is 19.0 Å². The van der Waals surface area contributed by atoms with E-state index in [4.69, 9.17) is 10.5 Å². The number of halogens is 3. The highest BCUT2D eigenvalue weighted by Gasteiger charge is 2.32. The number of aromatic amines is 1. The van der Waals surface area contributed by atoms with Gasteiger partial charge in [-0.3, -0.25) is 4.79 Å². The number of likely N-dealkylation sites (tertiary alicyclic amines) is 1. The Hall–Kier alpha value is -3.58. The molecule has 1 saturated heterocycles. The SMILES string of the molecule is Cc1c(F)nc(Oc2ccc3[nH]cc(CC(N)C(=O)N4CCCC4C#N)c3c2)c(F)c1F. The van der Waals surface area contributed by atoms with Crippen molar-refractivity contribution in [3.05, 3.63) is 53.1 Å². The van der Waals surface area contributed by atoms with E-state index in [0.717, 1.165) is 13.3 Å². The minimum Gasteiger partial charge on any atom is -0.436 e. The number of H-pyrrole nitrogens is 1. The topological polar surface area (TPSA) is 108 Å². The van der Waals surface area contributed by atoms with Crippen LogP contribution in [0.25, 0.3) is 10.9 Å². The van der Waals surface area contributed by atoms with Gasteiger partial charge in [0.05, 0.1) is 12.1 Å². The molecule has 0 radical (unpaired) electrons. The van der Waals surface area contributed by atoms with Crippen LogP contribution >= 0.6 is 0 Å². The molecular weight excluding hydrogens is 423 g/mol. The summed E-state index contributed by atoms with van der Waals surface area (Å²) in [5.41, 5.74) is 7.01. The van der Waals surface area contributed by atoms with Crippen LogP contribution in [-0.4, -0.2) is 39.4 Å². The molecule has 2 atom stereocenters. The van der Waals surface area contributed by atoms with Crippen LogP contribution in [-0.2, 0) is 11.2 Å². The Morgan fingerprint density at radius 1 is 1.41 bits per heavy atom. The molecular formula is C22H20F3N5O2. The van der Waals surface area contributed by atoms with Gasteiger partial charge in [0.2, 0.25) is 17.7 Å². The molecule has 0 spiro atoms. The van der Waals surface area contributed by atoms with Crippen LogP contribution in [0.15, 0.2) is 24.4 Å². The zero-order chi connectivity index (χ0) is 23.0. The maximum absolute atomic E-state index is 14.1. The average Bonchev–Trinajstić information content (AvgIpc) is 3.42. The van der Waals surface area contributed by atoms with Crippen molar-refractivity contribution in [2.45, 2.75) is 38.3 Å². The summed E-state index contributed by atoms with van der Waals surface area (Å²) in [6.45, 7) is 1.58. The third-order valence-electron chi connectivity index (χ3n) is 5.61. The van der Waals surface area contributed by atoms with Gasteiger partial charge in [-0.05, 0) is 49.9 Å². The number of nitriles is 1. The Morgan fingerprint density at radius 2 is 2.19 bits per heavy atom. The first-order chi connectivity index (χ1) is 15.3. The minimum absolute atomic E-state index is 0.108. The molecule has 0 aliphatic carbocycles. The van der Waals surface area contributed by atoms with Gasteiger partial charge < -0.3 is 20.4 Å². The van der Waals surface area contributed by atoms with Crippen molar-refractivity contribution >= 4 is 16.8 Å². The molecule has 0 bridgehead atoms. The number of aromatic nitrogens is 2. The number of carbonyl (C=O) groups excluding carboxylic acids is 1. The number of fused-ring (bicyclic) bond motifs is 1. The summed E-state index contributed by atoms with van der Waals surface area (Å²) in [6.07, 6.45) is 3.28. The van der Waals surface area contributed by atoms with Crippen LogP contribution in [0.2, 0.25) is 0 Å². The lowest BCUT2D eigenvalue weighted by Crippen LogP contribution is -2.46. The Kier molecular flexibility index (Phi) is 5.76. The van der Waals surface area contributed by atoms with E-state index in [0.29, 0.717) is 29.4 Å². The van der Waals surface area contributed by atoms with Gasteiger partial charge in [-0.15, -0.1) is 0 Å². The van der Waals surface area contributed by atoms with Crippen LogP contribution in [0.5, 0.6) is 11.6 Å². The van der Waals surface area contributed by atoms with Gasteiger partial charge in [-0.25, -0.2) is 4.39 Å². The second-order valence-electron chi connectivity index (χ2n) is 7.71. The number of carbonyl (C=O) groups is 1. The summed E-state index contributed by atoms with van der Waals surface area (Å²) in [4.78, 5) is 20.6. The maximum Gasteiger partial charge on any atom is 0.261 e. The number of nitrogens with zero attached hydrogens (tertiary/aromatic N) is 3.